The number of phenols is 1. The first kappa shape index (κ1) is 8.36. The molecule has 0 saturated heterocycles. The maximum Gasteiger partial charge on any atom is 0.115 e. The van der Waals surface area contributed by atoms with Gasteiger partial charge in [-0.2, -0.15) is 0 Å². The summed E-state index contributed by atoms with van der Waals surface area (Å²) < 4.78 is 0. The second kappa shape index (κ2) is 3.25. The maximum absolute atomic E-state index is 9.26. The zero-order chi connectivity index (χ0) is 9.26. The summed E-state index contributed by atoms with van der Waals surface area (Å²) in [7, 11) is 0. The van der Waals surface area contributed by atoms with E-state index >= 15 is 0 Å². The van der Waals surface area contributed by atoms with Gasteiger partial charge in [0.1, 0.15) is 5.75 Å². The van der Waals surface area contributed by atoms with E-state index in [4.69, 9.17) is 0 Å². The monoisotopic (exact) mass is 174 g/mol. The quantitative estimate of drug-likeness (QED) is 0.648. The summed E-state index contributed by atoms with van der Waals surface area (Å²) in [4.78, 5) is 0. The molecule has 1 aliphatic carbocycles. The first-order chi connectivity index (χ1) is 6.27. The van der Waals surface area contributed by atoms with Gasteiger partial charge in [-0.25, -0.2) is 0 Å². The molecule has 0 bridgehead atoms. The highest BCUT2D eigenvalue weighted by atomic mass is 16.3. The molecule has 1 N–H and O–H groups in total. The summed E-state index contributed by atoms with van der Waals surface area (Å²) in [6.45, 7) is 2.06. The number of hydrogen-bond acceptors (Lipinski definition) is 1. The molecule has 13 heavy (non-hydrogen) atoms. The standard InChI is InChI=1S/C12H14O/c1-9-8-11(13)6-7-12(9)10-4-2-3-5-10/h2,4,6-8,10,13H,3,5H2,1H3. The van der Waals surface area contributed by atoms with Crippen molar-refractivity contribution in [3.05, 3.63) is 41.5 Å². The smallest absolute Gasteiger partial charge is 0.115 e. The van der Waals surface area contributed by atoms with Crippen LogP contribution in [0.5, 0.6) is 5.75 Å². The van der Waals surface area contributed by atoms with Crippen LogP contribution in [0.2, 0.25) is 0 Å². The molecule has 1 heteroatoms. The molecule has 0 heterocycles. The van der Waals surface area contributed by atoms with Crippen LogP contribution in [0.3, 0.4) is 0 Å². The molecule has 0 aromatic heterocycles. The SMILES string of the molecule is Cc1cc(O)ccc1C1C=CCC1. The Morgan fingerprint density at radius 3 is 2.85 bits per heavy atom. The van der Waals surface area contributed by atoms with Gasteiger partial charge >= 0.3 is 0 Å². The molecular formula is C12H14O. The molecule has 2 rings (SSSR count). The average Bonchev–Trinajstić information content (AvgIpc) is 2.56. The Balaban J connectivity index is 2.34. The third kappa shape index (κ3) is 1.59. The molecule has 0 fully saturated rings. The van der Waals surface area contributed by atoms with Crippen LogP contribution in [0, 0.1) is 6.92 Å². The Labute approximate surface area is 78.7 Å². The third-order valence-electron chi connectivity index (χ3n) is 2.67. The molecule has 1 aromatic carbocycles. The number of aromatic hydroxyl groups is 1. The van der Waals surface area contributed by atoms with Gasteiger partial charge in [-0.15, -0.1) is 0 Å². The Bertz CT molecular complexity index is 339. The minimum Gasteiger partial charge on any atom is -0.508 e. The van der Waals surface area contributed by atoms with Crippen LogP contribution in [0.15, 0.2) is 30.4 Å². The summed E-state index contributed by atoms with van der Waals surface area (Å²) in [6.07, 6.45) is 6.90. The van der Waals surface area contributed by atoms with Crippen molar-refractivity contribution in [2.45, 2.75) is 25.7 Å². The lowest BCUT2D eigenvalue weighted by Crippen LogP contribution is -1.93. The Kier molecular flexibility index (Phi) is 2.09. The van der Waals surface area contributed by atoms with E-state index in [2.05, 4.69) is 19.1 Å². The van der Waals surface area contributed by atoms with Crippen molar-refractivity contribution in [3.8, 4) is 5.75 Å². The largest absolute Gasteiger partial charge is 0.508 e. The Morgan fingerprint density at radius 2 is 2.23 bits per heavy atom. The van der Waals surface area contributed by atoms with Crippen molar-refractivity contribution in [1.82, 2.24) is 0 Å². The fourth-order valence-electron chi connectivity index (χ4n) is 1.97. The lowest BCUT2D eigenvalue weighted by molar-refractivity contribution is 0.474. The zero-order valence-electron chi connectivity index (χ0n) is 7.83. The van der Waals surface area contributed by atoms with Crippen molar-refractivity contribution in [2.24, 2.45) is 0 Å². The zero-order valence-corrected chi connectivity index (χ0v) is 7.83. The second-order valence-corrected chi connectivity index (χ2v) is 3.65. The lowest BCUT2D eigenvalue weighted by atomic mass is 9.94. The van der Waals surface area contributed by atoms with E-state index in [0.29, 0.717) is 11.7 Å². The van der Waals surface area contributed by atoms with E-state index in [1.54, 1.807) is 6.07 Å². The highest BCUT2D eigenvalue weighted by Crippen LogP contribution is 2.31. The van der Waals surface area contributed by atoms with Crippen molar-refractivity contribution in [3.63, 3.8) is 0 Å². The van der Waals surface area contributed by atoms with E-state index in [1.165, 1.54) is 24.0 Å². The number of rotatable bonds is 1. The number of hydrogen-bond donors (Lipinski definition) is 1. The average molecular weight is 174 g/mol. The van der Waals surface area contributed by atoms with Crippen molar-refractivity contribution in [2.75, 3.05) is 0 Å². The van der Waals surface area contributed by atoms with Crippen molar-refractivity contribution < 1.29 is 5.11 Å². The minimum atomic E-state index is 0.364. The molecule has 0 spiro atoms. The molecule has 0 radical (unpaired) electrons. The summed E-state index contributed by atoms with van der Waals surface area (Å²) >= 11 is 0. The Hall–Kier alpha value is -1.24. The maximum atomic E-state index is 9.26. The molecule has 1 aliphatic rings. The first-order valence-electron chi connectivity index (χ1n) is 4.73. The molecule has 0 saturated carbocycles. The van der Waals surface area contributed by atoms with E-state index in [0.717, 1.165) is 0 Å². The molecule has 1 nitrogen and oxygen atoms in total. The minimum absolute atomic E-state index is 0.364. The number of aryl methyl sites for hydroxylation is 1. The predicted molar refractivity (Wildman–Crippen MR) is 54.0 cm³/mol. The summed E-state index contributed by atoms with van der Waals surface area (Å²) in [6, 6.07) is 5.64. The normalized spacial score (nSPS) is 20.8. The van der Waals surface area contributed by atoms with Gasteiger partial charge in [-0.05, 0) is 43.0 Å². The molecule has 1 unspecified atom stereocenters. The second-order valence-electron chi connectivity index (χ2n) is 3.65. The van der Waals surface area contributed by atoms with Gasteiger partial charge in [-0.3, -0.25) is 0 Å². The summed E-state index contributed by atoms with van der Waals surface area (Å²) in [5.74, 6) is 0.934. The number of allylic oxidation sites excluding steroid dienone is 2. The molecule has 0 amide bonds. The summed E-state index contributed by atoms with van der Waals surface area (Å²) in [5.41, 5.74) is 2.54. The van der Waals surface area contributed by atoms with Gasteiger partial charge in [0.05, 0.1) is 0 Å². The third-order valence-corrected chi connectivity index (χ3v) is 2.67. The molecular weight excluding hydrogens is 160 g/mol. The van der Waals surface area contributed by atoms with Crippen LogP contribution >= 0.6 is 0 Å². The van der Waals surface area contributed by atoms with E-state index in [9.17, 15) is 5.11 Å². The van der Waals surface area contributed by atoms with Crippen LogP contribution in [-0.2, 0) is 0 Å². The summed E-state index contributed by atoms with van der Waals surface area (Å²) in [5, 5.41) is 9.26. The van der Waals surface area contributed by atoms with E-state index in [1.807, 2.05) is 12.1 Å². The predicted octanol–water partition coefficient (Wildman–Crippen LogP) is 3.13. The molecule has 1 atom stereocenters. The van der Waals surface area contributed by atoms with Gasteiger partial charge in [0, 0.05) is 5.92 Å². The number of phenolic OH excluding ortho intramolecular Hbond substituents is 1. The Morgan fingerprint density at radius 1 is 1.38 bits per heavy atom. The van der Waals surface area contributed by atoms with Gasteiger partial charge < -0.3 is 5.11 Å². The highest BCUT2D eigenvalue weighted by molar-refractivity contribution is 5.38. The van der Waals surface area contributed by atoms with Crippen molar-refractivity contribution in [1.29, 1.82) is 0 Å². The van der Waals surface area contributed by atoms with Crippen LogP contribution in [0.25, 0.3) is 0 Å². The van der Waals surface area contributed by atoms with Crippen LogP contribution in [-0.4, -0.2) is 5.11 Å². The number of benzene rings is 1. The van der Waals surface area contributed by atoms with Gasteiger partial charge in [-0.1, -0.05) is 18.2 Å². The molecule has 0 aliphatic heterocycles. The topological polar surface area (TPSA) is 20.2 Å². The fraction of sp³-hybridized carbons (Fsp3) is 0.333. The van der Waals surface area contributed by atoms with Crippen LogP contribution < -0.4 is 0 Å². The highest BCUT2D eigenvalue weighted by Gasteiger charge is 2.13. The van der Waals surface area contributed by atoms with Gasteiger partial charge in [0.15, 0.2) is 0 Å². The first-order valence-corrected chi connectivity index (χ1v) is 4.73. The van der Waals surface area contributed by atoms with Gasteiger partial charge in [0.2, 0.25) is 0 Å². The van der Waals surface area contributed by atoms with Crippen LogP contribution in [0.1, 0.15) is 29.9 Å². The van der Waals surface area contributed by atoms with Crippen LogP contribution in [0.4, 0.5) is 0 Å². The molecule has 1 aromatic rings. The fourth-order valence-corrected chi connectivity index (χ4v) is 1.97. The van der Waals surface area contributed by atoms with E-state index < -0.39 is 0 Å². The van der Waals surface area contributed by atoms with E-state index in [-0.39, 0.29) is 0 Å². The molecule has 68 valence electrons. The van der Waals surface area contributed by atoms with Gasteiger partial charge in [0.25, 0.3) is 0 Å². The lowest BCUT2D eigenvalue weighted by Gasteiger charge is -2.11. The van der Waals surface area contributed by atoms with Crippen molar-refractivity contribution >= 4 is 0 Å².